The quantitative estimate of drug-likeness (QED) is 0.236. The third kappa shape index (κ3) is 8.61. The summed E-state index contributed by atoms with van der Waals surface area (Å²) in [5, 5.41) is 12.0. The molecule has 0 spiro atoms. The molecule has 0 aliphatic carbocycles. The van der Waals surface area contributed by atoms with E-state index >= 15 is 0 Å². The second-order valence-electron chi connectivity index (χ2n) is 9.15. The van der Waals surface area contributed by atoms with Crippen LogP contribution in [0.1, 0.15) is 43.2 Å². The normalized spacial score (nSPS) is 11.8. The van der Waals surface area contributed by atoms with Gasteiger partial charge in [-0.05, 0) is 53.6 Å². The second kappa shape index (κ2) is 13.0. The third-order valence-corrected chi connectivity index (χ3v) is 5.89. The van der Waals surface area contributed by atoms with Crippen LogP contribution in [0.5, 0.6) is 0 Å². The lowest BCUT2D eigenvalue weighted by molar-refractivity contribution is -0.137. The number of carbonyl (C=O) groups is 2. The monoisotopic (exact) mass is 609 g/mol. The first-order chi connectivity index (χ1) is 20.3. The zero-order valence-corrected chi connectivity index (χ0v) is 22.0. The Balaban J connectivity index is 1.55. The molecule has 0 atom stereocenters. The summed E-state index contributed by atoms with van der Waals surface area (Å²) in [5.41, 5.74) is -0.459. The second-order valence-corrected chi connectivity index (χ2v) is 9.15. The minimum Gasteiger partial charge on any atom is -0.370 e. The predicted octanol–water partition coefficient (Wildman–Crippen LogP) is 5.36. The minimum atomic E-state index is -4.79. The van der Waals surface area contributed by atoms with Crippen molar-refractivity contribution in [3.8, 4) is 5.69 Å². The van der Waals surface area contributed by atoms with Crippen molar-refractivity contribution < 1.29 is 45.1 Å². The van der Waals surface area contributed by atoms with Gasteiger partial charge in [-0.25, -0.2) is 9.07 Å². The summed E-state index contributed by atoms with van der Waals surface area (Å²) in [6.07, 6.45) is -9.38. The molecule has 0 saturated heterocycles. The molecular weight excluding hydrogens is 587 g/mol. The van der Waals surface area contributed by atoms with Gasteiger partial charge in [0.2, 0.25) is 0 Å². The fraction of sp³-hybridized carbons (Fsp3) is 0.214. The maximum absolute atomic E-state index is 13.8. The van der Waals surface area contributed by atoms with Gasteiger partial charge in [0.25, 0.3) is 11.8 Å². The summed E-state index contributed by atoms with van der Waals surface area (Å²) in [7, 11) is 0. The molecule has 4 rings (SSSR count). The highest BCUT2D eigenvalue weighted by Gasteiger charge is 2.31. The average molecular weight is 610 g/mol. The Labute approximate surface area is 239 Å². The number of ether oxygens (including phenoxy) is 1. The van der Waals surface area contributed by atoms with Crippen LogP contribution in [0.25, 0.3) is 5.69 Å². The summed E-state index contributed by atoms with van der Waals surface area (Å²) in [6.45, 7) is -2.05. The van der Waals surface area contributed by atoms with Gasteiger partial charge in [-0.2, -0.15) is 26.3 Å². The Morgan fingerprint density at radius 2 is 1.51 bits per heavy atom. The molecule has 0 aliphatic rings. The summed E-state index contributed by atoms with van der Waals surface area (Å²) < 4.78 is 97.2. The molecule has 0 bridgehead atoms. The van der Waals surface area contributed by atoms with Gasteiger partial charge in [-0.15, -0.1) is 5.10 Å². The van der Waals surface area contributed by atoms with Crippen LogP contribution >= 0.6 is 0 Å². The Morgan fingerprint density at radius 3 is 2.16 bits per heavy atom. The molecule has 8 nitrogen and oxygen atoms in total. The molecule has 2 N–H and O–H groups in total. The van der Waals surface area contributed by atoms with E-state index in [9.17, 15) is 40.3 Å². The number of nitrogens with one attached hydrogen (secondary N) is 2. The molecule has 0 fully saturated rings. The number of benzene rings is 3. The van der Waals surface area contributed by atoms with Crippen molar-refractivity contribution in [3.63, 3.8) is 0 Å². The molecule has 0 radical (unpaired) electrons. The van der Waals surface area contributed by atoms with Crippen LogP contribution in [-0.4, -0.2) is 39.5 Å². The van der Waals surface area contributed by atoms with Crippen molar-refractivity contribution in [1.82, 2.24) is 25.6 Å². The highest BCUT2D eigenvalue weighted by molar-refractivity contribution is 5.94. The van der Waals surface area contributed by atoms with Gasteiger partial charge < -0.3 is 15.4 Å². The van der Waals surface area contributed by atoms with Crippen molar-refractivity contribution in [1.29, 1.82) is 0 Å². The number of alkyl halides is 6. The molecule has 43 heavy (non-hydrogen) atoms. The first kappa shape index (κ1) is 31.2. The van der Waals surface area contributed by atoms with Gasteiger partial charge in [-0.3, -0.25) is 9.59 Å². The molecule has 1 aromatic heterocycles. The SMILES string of the molecule is O=C(NCC(F)(F)F)c1ccc(-n2nnc(C(=O)NCc3cc(F)cc(C(F)(F)F)c3)c2COCc2ccccc2)cc1. The highest BCUT2D eigenvalue weighted by atomic mass is 19.4. The van der Waals surface area contributed by atoms with Gasteiger partial charge in [0.05, 0.1) is 24.5 Å². The van der Waals surface area contributed by atoms with Crippen LogP contribution in [0.2, 0.25) is 0 Å². The topological polar surface area (TPSA) is 98.1 Å². The highest BCUT2D eigenvalue weighted by Crippen LogP contribution is 2.30. The maximum atomic E-state index is 13.8. The smallest absolute Gasteiger partial charge is 0.370 e. The summed E-state index contributed by atoms with van der Waals surface area (Å²) in [6, 6.07) is 16.1. The fourth-order valence-electron chi connectivity index (χ4n) is 3.87. The maximum Gasteiger partial charge on any atom is 0.416 e. The van der Waals surface area contributed by atoms with Gasteiger partial charge in [0, 0.05) is 12.1 Å². The van der Waals surface area contributed by atoms with Crippen LogP contribution < -0.4 is 10.6 Å². The van der Waals surface area contributed by atoms with E-state index in [4.69, 9.17) is 4.74 Å². The summed E-state index contributed by atoms with van der Waals surface area (Å²) in [4.78, 5) is 25.1. The largest absolute Gasteiger partial charge is 0.416 e. The van der Waals surface area contributed by atoms with Gasteiger partial charge in [0.1, 0.15) is 18.1 Å². The lowest BCUT2D eigenvalue weighted by Crippen LogP contribution is -2.33. The van der Waals surface area contributed by atoms with Crippen LogP contribution in [0, 0.1) is 5.82 Å². The molecule has 0 saturated carbocycles. The molecule has 0 unspecified atom stereocenters. The van der Waals surface area contributed by atoms with Gasteiger partial charge >= 0.3 is 12.4 Å². The number of amides is 2. The molecule has 1 heterocycles. The zero-order valence-electron chi connectivity index (χ0n) is 22.0. The number of carbonyl (C=O) groups excluding carboxylic acids is 2. The van der Waals surface area contributed by atoms with Crippen molar-refractivity contribution >= 4 is 11.8 Å². The Kier molecular flexibility index (Phi) is 9.43. The van der Waals surface area contributed by atoms with Gasteiger partial charge in [-0.1, -0.05) is 35.5 Å². The Bertz CT molecular complexity index is 1570. The number of nitrogens with zero attached hydrogens (tertiary/aromatic N) is 3. The van der Waals surface area contributed by atoms with Crippen molar-refractivity contribution in [2.45, 2.75) is 32.1 Å². The van der Waals surface area contributed by atoms with E-state index in [0.717, 1.165) is 11.6 Å². The summed E-state index contributed by atoms with van der Waals surface area (Å²) >= 11 is 0. The number of halogens is 7. The lowest BCUT2D eigenvalue weighted by atomic mass is 10.1. The number of hydrogen-bond acceptors (Lipinski definition) is 5. The molecule has 15 heteroatoms. The third-order valence-electron chi connectivity index (χ3n) is 5.89. The van der Waals surface area contributed by atoms with E-state index in [1.165, 1.54) is 28.9 Å². The van der Waals surface area contributed by atoms with Crippen LogP contribution in [-0.2, 0) is 30.7 Å². The standard InChI is InChI=1S/C28H22F7N5O3/c29-21-11-18(10-20(12-21)28(33,34)35)13-36-26(42)24-23(15-43-14-17-4-2-1-3-5-17)40(39-38-24)22-8-6-19(7-9-22)25(41)37-16-27(30,31)32/h1-12H,13-16H2,(H,36,42)(H,37,41). The molecular formula is C28H22F7N5O3. The Hall–Kier alpha value is -4.79. The van der Waals surface area contributed by atoms with E-state index in [1.54, 1.807) is 29.6 Å². The van der Waals surface area contributed by atoms with E-state index in [2.05, 4.69) is 15.6 Å². The summed E-state index contributed by atoms with van der Waals surface area (Å²) in [5.74, 6) is -2.93. The van der Waals surface area contributed by atoms with Crippen molar-refractivity contribution in [2.24, 2.45) is 0 Å². The number of aromatic nitrogens is 3. The molecule has 226 valence electrons. The molecule has 4 aromatic rings. The van der Waals surface area contributed by atoms with E-state index in [1.807, 2.05) is 6.07 Å². The Morgan fingerprint density at radius 1 is 0.814 bits per heavy atom. The number of rotatable bonds is 10. The van der Waals surface area contributed by atoms with E-state index in [0.29, 0.717) is 12.1 Å². The first-order valence-corrected chi connectivity index (χ1v) is 12.5. The molecule has 3 aromatic carbocycles. The number of hydrogen-bond donors (Lipinski definition) is 2. The first-order valence-electron chi connectivity index (χ1n) is 12.5. The fourth-order valence-corrected chi connectivity index (χ4v) is 3.87. The van der Waals surface area contributed by atoms with Gasteiger partial charge in [0.15, 0.2) is 5.69 Å². The van der Waals surface area contributed by atoms with Crippen LogP contribution in [0.4, 0.5) is 30.7 Å². The molecule has 2 amide bonds. The average Bonchev–Trinajstić information content (AvgIpc) is 3.38. The van der Waals surface area contributed by atoms with Crippen LogP contribution in [0.15, 0.2) is 72.8 Å². The van der Waals surface area contributed by atoms with E-state index < -0.39 is 48.6 Å². The van der Waals surface area contributed by atoms with E-state index in [-0.39, 0.29) is 41.4 Å². The molecule has 0 aliphatic heterocycles. The predicted molar refractivity (Wildman–Crippen MR) is 137 cm³/mol. The lowest BCUT2D eigenvalue weighted by Gasteiger charge is -2.12. The zero-order chi connectivity index (χ0) is 31.2. The van der Waals surface area contributed by atoms with Crippen LogP contribution in [0.3, 0.4) is 0 Å². The minimum absolute atomic E-state index is 0.0683. The van der Waals surface area contributed by atoms with Crippen molar-refractivity contribution in [2.75, 3.05) is 6.54 Å². The van der Waals surface area contributed by atoms with Crippen molar-refractivity contribution in [3.05, 3.63) is 112 Å².